The van der Waals surface area contributed by atoms with Crippen LogP contribution in [0.4, 0.5) is 16.4 Å². The van der Waals surface area contributed by atoms with Gasteiger partial charge in [0.15, 0.2) is 0 Å². The normalized spacial score (nSPS) is 10.5. The molecule has 2 aromatic carbocycles. The van der Waals surface area contributed by atoms with Crippen molar-refractivity contribution in [2.24, 2.45) is 0 Å². The minimum absolute atomic E-state index is 0.0911. The number of benzene rings is 2. The van der Waals surface area contributed by atoms with Gasteiger partial charge in [0.1, 0.15) is 4.47 Å². The molecule has 3 N–H and O–H groups in total. The highest BCUT2D eigenvalue weighted by Gasteiger charge is 2.09. The molecule has 0 radical (unpaired) electrons. The van der Waals surface area contributed by atoms with Crippen LogP contribution in [0.15, 0.2) is 51.7 Å². The number of nitrogens with one attached hydrogen (secondary N) is 3. The van der Waals surface area contributed by atoms with Crippen molar-refractivity contribution in [3.8, 4) is 0 Å². The molecule has 3 rings (SSSR count). The smallest absolute Gasteiger partial charge is 0.307 e. The molecule has 0 aliphatic rings. The molecular formula is C16H13BrN4O2. The van der Waals surface area contributed by atoms with Gasteiger partial charge in [-0.05, 0) is 34.3 Å². The molecule has 0 unspecified atom stereocenters. The lowest BCUT2D eigenvalue weighted by Crippen LogP contribution is -2.23. The fourth-order valence-electron chi connectivity index (χ4n) is 2.23. The van der Waals surface area contributed by atoms with E-state index in [-0.39, 0.29) is 11.5 Å². The quantitative estimate of drug-likeness (QED) is 0.641. The van der Waals surface area contributed by atoms with Gasteiger partial charge in [0, 0.05) is 5.39 Å². The highest BCUT2D eigenvalue weighted by atomic mass is 79.9. The van der Waals surface area contributed by atoms with Crippen LogP contribution < -0.4 is 16.2 Å². The predicted octanol–water partition coefficient (Wildman–Crippen LogP) is 3.64. The van der Waals surface area contributed by atoms with E-state index in [0.717, 1.165) is 10.8 Å². The van der Waals surface area contributed by atoms with Crippen LogP contribution in [0, 0.1) is 6.92 Å². The van der Waals surface area contributed by atoms with Crippen molar-refractivity contribution < 1.29 is 4.79 Å². The van der Waals surface area contributed by atoms with Crippen LogP contribution in [-0.2, 0) is 0 Å². The number of aromatic nitrogens is 2. The second-order valence-corrected chi connectivity index (χ2v) is 5.71. The van der Waals surface area contributed by atoms with E-state index in [4.69, 9.17) is 0 Å². The number of anilines is 2. The fraction of sp³-hybridized carbons (Fsp3) is 0.0625. The Bertz CT molecular complexity index is 947. The van der Waals surface area contributed by atoms with Gasteiger partial charge in [-0.1, -0.05) is 36.4 Å². The molecule has 0 saturated heterocycles. The molecule has 2 amide bonds. The number of amides is 2. The van der Waals surface area contributed by atoms with Gasteiger partial charge in [0.2, 0.25) is 5.95 Å². The van der Waals surface area contributed by atoms with Gasteiger partial charge in [0.25, 0.3) is 5.56 Å². The fourth-order valence-corrected chi connectivity index (χ4v) is 2.41. The Morgan fingerprint density at radius 3 is 2.65 bits per heavy atom. The topological polar surface area (TPSA) is 86.9 Å². The largest absolute Gasteiger partial charge is 0.326 e. The summed E-state index contributed by atoms with van der Waals surface area (Å²) >= 11 is 3.13. The number of hydrogen-bond donors (Lipinski definition) is 3. The molecule has 23 heavy (non-hydrogen) atoms. The Morgan fingerprint density at radius 1 is 1.13 bits per heavy atom. The molecule has 1 aromatic heterocycles. The van der Waals surface area contributed by atoms with Crippen LogP contribution in [0.1, 0.15) is 5.69 Å². The van der Waals surface area contributed by atoms with Crippen molar-refractivity contribution >= 4 is 44.4 Å². The van der Waals surface area contributed by atoms with Crippen LogP contribution in [0.2, 0.25) is 0 Å². The molecule has 0 fully saturated rings. The molecule has 0 atom stereocenters. The summed E-state index contributed by atoms with van der Waals surface area (Å²) in [4.78, 5) is 30.4. The van der Waals surface area contributed by atoms with E-state index in [1.807, 2.05) is 42.5 Å². The van der Waals surface area contributed by atoms with Crippen molar-refractivity contribution in [1.29, 1.82) is 0 Å². The maximum absolute atomic E-state index is 12.1. The van der Waals surface area contributed by atoms with E-state index in [9.17, 15) is 9.59 Å². The SMILES string of the molecule is Cc1nc(NC(=O)Nc2cccc3ccccc23)[nH]c(=O)c1Br. The van der Waals surface area contributed by atoms with Crippen LogP contribution in [0.5, 0.6) is 0 Å². The summed E-state index contributed by atoms with van der Waals surface area (Å²) < 4.78 is 0.345. The number of hydrogen-bond acceptors (Lipinski definition) is 3. The first-order valence-electron chi connectivity index (χ1n) is 6.87. The van der Waals surface area contributed by atoms with Gasteiger partial charge in [-0.2, -0.15) is 0 Å². The first-order valence-corrected chi connectivity index (χ1v) is 7.66. The lowest BCUT2D eigenvalue weighted by Gasteiger charge is -2.10. The molecule has 0 aliphatic heterocycles. The summed E-state index contributed by atoms with van der Waals surface area (Å²) in [5.74, 6) is 0.0911. The second-order valence-electron chi connectivity index (χ2n) is 4.92. The Labute approximate surface area is 140 Å². The third-order valence-electron chi connectivity index (χ3n) is 3.30. The predicted molar refractivity (Wildman–Crippen MR) is 93.9 cm³/mol. The molecule has 1 heterocycles. The Kier molecular flexibility index (Phi) is 4.12. The number of rotatable bonds is 2. The van der Waals surface area contributed by atoms with Crippen molar-refractivity contribution in [2.45, 2.75) is 6.92 Å². The standard InChI is InChI=1S/C16H13BrN4O2/c1-9-13(17)14(22)20-15(18-9)21-16(23)19-12-8-4-6-10-5-2-3-7-11(10)12/h2-8H,1H3,(H3,18,19,20,21,22,23). The van der Waals surface area contributed by atoms with Crippen molar-refractivity contribution in [3.05, 3.63) is 63.0 Å². The van der Waals surface area contributed by atoms with Gasteiger partial charge >= 0.3 is 6.03 Å². The molecule has 0 aliphatic carbocycles. The number of carbonyl (C=O) groups excluding carboxylic acids is 1. The van der Waals surface area contributed by atoms with Gasteiger partial charge in [-0.15, -0.1) is 0 Å². The van der Waals surface area contributed by atoms with E-state index < -0.39 is 6.03 Å². The van der Waals surface area contributed by atoms with E-state index in [1.54, 1.807) is 6.92 Å². The number of H-pyrrole nitrogens is 1. The highest BCUT2D eigenvalue weighted by Crippen LogP contribution is 2.23. The third kappa shape index (κ3) is 3.24. The molecule has 3 aromatic rings. The average molecular weight is 373 g/mol. The van der Waals surface area contributed by atoms with Crippen molar-refractivity contribution in [1.82, 2.24) is 9.97 Å². The average Bonchev–Trinajstić information content (AvgIpc) is 2.53. The summed E-state index contributed by atoms with van der Waals surface area (Å²) in [6.45, 7) is 1.67. The Morgan fingerprint density at radius 2 is 1.87 bits per heavy atom. The van der Waals surface area contributed by atoms with E-state index >= 15 is 0 Å². The molecule has 6 nitrogen and oxygen atoms in total. The van der Waals surface area contributed by atoms with Crippen LogP contribution in [0.3, 0.4) is 0 Å². The van der Waals surface area contributed by atoms with Crippen molar-refractivity contribution in [3.63, 3.8) is 0 Å². The molecule has 7 heteroatoms. The zero-order valence-electron chi connectivity index (χ0n) is 12.2. The molecule has 0 bridgehead atoms. The molecule has 0 saturated carbocycles. The maximum Gasteiger partial charge on any atom is 0.326 e. The van der Waals surface area contributed by atoms with Gasteiger partial charge in [-0.25, -0.2) is 9.78 Å². The molecular weight excluding hydrogens is 360 g/mol. The van der Waals surface area contributed by atoms with Crippen LogP contribution >= 0.6 is 15.9 Å². The minimum atomic E-state index is -0.480. The monoisotopic (exact) mass is 372 g/mol. The second kappa shape index (κ2) is 6.21. The highest BCUT2D eigenvalue weighted by molar-refractivity contribution is 9.10. The number of urea groups is 1. The third-order valence-corrected chi connectivity index (χ3v) is 4.23. The van der Waals surface area contributed by atoms with E-state index in [2.05, 4.69) is 36.5 Å². The summed E-state index contributed by atoms with van der Waals surface area (Å²) in [5, 5.41) is 7.24. The van der Waals surface area contributed by atoms with E-state index in [1.165, 1.54) is 0 Å². The number of aryl methyl sites for hydroxylation is 1. The van der Waals surface area contributed by atoms with Crippen molar-refractivity contribution in [2.75, 3.05) is 10.6 Å². The summed E-state index contributed by atoms with van der Waals surface area (Å²) in [6.07, 6.45) is 0. The summed E-state index contributed by atoms with van der Waals surface area (Å²) in [6, 6.07) is 12.9. The first kappa shape index (κ1) is 15.2. The van der Waals surface area contributed by atoms with Crippen LogP contribution in [0.25, 0.3) is 10.8 Å². The molecule has 0 spiro atoms. The maximum atomic E-state index is 12.1. The van der Waals surface area contributed by atoms with Gasteiger partial charge in [-0.3, -0.25) is 15.1 Å². The zero-order chi connectivity index (χ0) is 16.4. The first-order chi connectivity index (χ1) is 11.0. The number of nitrogens with zero attached hydrogens (tertiary/aromatic N) is 1. The molecule has 116 valence electrons. The summed E-state index contributed by atoms with van der Waals surface area (Å²) in [7, 11) is 0. The number of halogens is 1. The Hall–Kier alpha value is -2.67. The zero-order valence-corrected chi connectivity index (χ0v) is 13.8. The lowest BCUT2D eigenvalue weighted by atomic mass is 10.1. The van der Waals surface area contributed by atoms with Crippen LogP contribution in [-0.4, -0.2) is 16.0 Å². The van der Waals surface area contributed by atoms with Gasteiger partial charge in [0.05, 0.1) is 11.4 Å². The Balaban J connectivity index is 1.83. The lowest BCUT2D eigenvalue weighted by molar-refractivity contribution is 0.262. The number of carbonyl (C=O) groups is 1. The minimum Gasteiger partial charge on any atom is -0.307 e. The van der Waals surface area contributed by atoms with E-state index in [0.29, 0.717) is 15.9 Å². The number of aromatic amines is 1. The number of fused-ring (bicyclic) bond motifs is 1. The summed E-state index contributed by atoms with van der Waals surface area (Å²) in [5.41, 5.74) is 0.823. The van der Waals surface area contributed by atoms with Gasteiger partial charge < -0.3 is 5.32 Å².